The predicted molar refractivity (Wildman–Crippen MR) is 60.8 cm³/mol. The van der Waals surface area contributed by atoms with E-state index >= 15 is 0 Å². The van der Waals surface area contributed by atoms with E-state index in [4.69, 9.17) is 4.74 Å². The molecule has 0 radical (unpaired) electrons. The van der Waals surface area contributed by atoms with Crippen molar-refractivity contribution in [2.45, 2.75) is 45.8 Å². The van der Waals surface area contributed by atoms with Gasteiger partial charge in [-0.05, 0) is 18.8 Å². The lowest BCUT2D eigenvalue weighted by atomic mass is 9.57. The molecule has 2 aliphatic carbocycles. The number of carbonyl (C=O) groups is 1. The predicted octanol–water partition coefficient (Wildman–Crippen LogP) is 1.57. The van der Waals surface area contributed by atoms with Gasteiger partial charge < -0.3 is 10.1 Å². The van der Waals surface area contributed by atoms with Crippen LogP contribution in [0.5, 0.6) is 0 Å². The van der Waals surface area contributed by atoms with Crippen molar-refractivity contribution >= 4 is 5.91 Å². The second-order valence-electron chi connectivity index (χ2n) is 6.37. The topological polar surface area (TPSA) is 38.3 Å². The second-order valence-corrected chi connectivity index (χ2v) is 6.37. The molecule has 1 N–H and O–H groups in total. The van der Waals surface area contributed by atoms with Gasteiger partial charge in [0.1, 0.15) is 0 Å². The first kappa shape index (κ1) is 10.6. The number of nitrogens with one attached hydrogen (secondary N) is 1. The van der Waals surface area contributed by atoms with E-state index in [2.05, 4.69) is 26.1 Å². The molecule has 90 valence electrons. The number of fused-ring (bicyclic) bond motifs is 1. The zero-order chi connectivity index (χ0) is 11.5. The molecule has 1 saturated heterocycles. The van der Waals surface area contributed by atoms with Gasteiger partial charge in [0.2, 0.25) is 5.91 Å². The number of hydrogen-bond acceptors (Lipinski definition) is 2. The van der Waals surface area contributed by atoms with Gasteiger partial charge in [-0.15, -0.1) is 0 Å². The van der Waals surface area contributed by atoms with Crippen LogP contribution in [0.25, 0.3) is 0 Å². The first-order valence-electron chi connectivity index (χ1n) is 6.44. The Balaban J connectivity index is 1.64. The normalized spacial score (nSPS) is 48.1. The lowest BCUT2D eigenvalue weighted by Crippen LogP contribution is -2.66. The van der Waals surface area contributed by atoms with Crippen molar-refractivity contribution in [3.63, 3.8) is 0 Å². The van der Waals surface area contributed by atoms with Crippen molar-refractivity contribution in [3.05, 3.63) is 0 Å². The highest BCUT2D eigenvalue weighted by molar-refractivity contribution is 5.82. The van der Waals surface area contributed by atoms with Gasteiger partial charge in [-0.25, -0.2) is 0 Å². The number of hydrogen-bond donors (Lipinski definition) is 1. The van der Waals surface area contributed by atoms with Crippen molar-refractivity contribution in [1.82, 2.24) is 5.32 Å². The van der Waals surface area contributed by atoms with Crippen LogP contribution in [0.1, 0.15) is 33.6 Å². The van der Waals surface area contributed by atoms with E-state index in [1.54, 1.807) is 0 Å². The minimum absolute atomic E-state index is 0.120. The Morgan fingerprint density at radius 1 is 1.44 bits per heavy atom. The molecule has 0 aromatic heterocycles. The highest BCUT2D eigenvalue weighted by Crippen LogP contribution is 2.52. The largest absolute Gasteiger partial charge is 0.377 e. The number of ether oxygens (including phenoxy) is 1. The first-order chi connectivity index (χ1) is 7.51. The standard InChI is InChI=1S/C13H21NO2/c1-7-6-9(7)12(15)14-10-8-4-5-16-11(8)13(10,2)3/h7-11H,4-6H2,1-3H3,(H,14,15). The summed E-state index contributed by atoms with van der Waals surface area (Å²) in [5.74, 6) is 1.72. The number of rotatable bonds is 2. The Hall–Kier alpha value is -0.570. The maximum Gasteiger partial charge on any atom is 0.223 e. The molecule has 1 amide bonds. The number of carbonyl (C=O) groups excluding carboxylic acids is 1. The molecule has 1 heterocycles. The molecule has 5 unspecified atom stereocenters. The molecule has 16 heavy (non-hydrogen) atoms. The molecule has 3 fully saturated rings. The molecule has 3 aliphatic rings. The Morgan fingerprint density at radius 3 is 2.75 bits per heavy atom. The average molecular weight is 223 g/mol. The smallest absolute Gasteiger partial charge is 0.223 e. The summed E-state index contributed by atoms with van der Waals surface area (Å²) in [5.41, 5.74) is 0.120. The molecule has 3 rings (SSSR count). The molecule has 5 atom stereocenters. The minimum atomic E-state index is 0.120. The van der Waals surface area contributed by atoms with Crippen LogP contribution >= 0.6 is 0 Å². The summed E-state index contributed by atoms with van der Waals surface area (Å²) >= 11 is 0. The van der Waals surface area contributed by atoms with Crippen molar-refractivity contribution in [2.24, 2.45) is 23.2 Å². The van der Waals surface area contributed by atoms with Gasteiger partial charge >= 0.3 is 0 Å². The van der Waals surface area contributed by atoms with Crippen LogP contribution in [0.15, 0.2) is 0 Å². The fourth-order valence-corrected chi connectivity index (χ4v) is 3.56. The Morgan fingerprint density at radius 2 is 2.12 bits per heavy atom. The van der Waals surface area contributed by atoms with Crippen molar-refractivity contribution < 1.29 is 9.53 Å². The minimum Gasteiger partial charge on any atom is -0.377 e. The van der Waals surface area contributed by atoms with E-state index in [-0.39, 0.29) is 17.2 Å². The van der Waals surface area contributed by atoms with Crippen molar-refractivity contribution in [3.8, 4) is 0 Å². The van der Waals surface area contributed by atoms with Crippen LogP contribution < -0.4 is 5.32 Å². The molecule has 2 saturated carbocycles. The third-order valence-electron chi connectivity index (χ3n) is 4.84. The van der Waals surface area contributed by atoms with Crippen LogP contribution in [-0.2, 0) is 9.53 Å². The van der Waals surface area contributed by atoms with Crippen LogP contribution in [0.2, 0.25) is 0 Å². The van der Waals surface area contributed by atoms with Gasteiger partial charge in [-0.1, -0.05) is 20.8 Å². The van der Waals surface area contributed by atoms with Crippen molar-refractivity contribution in [1.29, 1.82) is 0 Å². The summed E-state index contributed by atoms with van der Waals surface area (Å²) in [6.07, 6.45) is 2.55. The lowest BCUT2D eigenvalue weighted by molar-refractivity contribution is -0.139. The van der Waals surface area contributed by atoms with Crippen LogP contribution in [-0.4, -0.2) is 24.7 Å². The monoisotopic (exact) mass is 223 g/mol. The maximum absolute atomic E-state index is 11.9. The zero-order valence-electron chi connectivity index (χ0n) is 10.3. The Bertz CT molecular complexity index is 326. The fourth-order valence-electron chi connectivity index (χ4n) is 3.56. The molecule has 0 aromatic rings. The zero-order valence-corrected chi connectivity index (χ0v) is 10.3. The molecular formula is C13H21NO2. The third kappa shape index (κ3) is 1.33. The summed E-state index contributed by atoms with van der Waals surface area (Å²) < 4.78 is 5.72. The molecule has 0 spiro atoms. The van der Waals surface area contributed by atoms with E-state index in [1.807, 2.05) is 0 Å². The quantitative estimate of drug-likeness (QED) is 0.771. The van der Waals surface area contributed by atoms with Crippen LogP contribution in [0.4, 0.5) is 0 Å². The highest BCUT2D eigenvalue weighted by Gasteiger charge is 2.60. The molecule has 0 aromatic carbocycles. The van der Waals surface area contributed by atoms with Crippen LogP contribution in [0.3, 0.4) is 0 Å². The van der Waals surface area contributed by atoms with E-state index < -0.39 is 0 Å². The average Bonchev–Trinajstić information content (AvgIpc) is 2.80. The number of amides is 1. The molecule has 3 heteroatoms. The second kappa shape index (κ2) is 3.22. The molecule has 1 aliphatic heterocycles. The fraction of sp³-hybridized carbons (Fsp3) is 0.923. The molecular weight excluding hydrogens is 202 g/mol. The Labute approximate surface area is 96.9 Å². The lowest BCUT2D eigenvalue weighted by Gasteiger charge is -2.54. The SMILES string of the molecule is CC1CC1C(=O)NC1C2CCOC2C1(C)C. The first-order valence-corrected chi connectivity index (χ1v) is 6.44. The molecule has 0 bridgehead atoms. The van der Waals surface area contributed by atoms with Gasteiger partial charge in [0.25, 0.3) is 0 Å². The van der Waals surface area contributed by atoms with Gasteiger partial charge in [0, 0.05) is 29.9 Å². The van der Waals surface area contributed by atoms with Crippen LogP contribution in [0, 0.1) is 23.2 Å². The van der Waals surface area contributed by atoms with Gasteiger partial charge in [0.05, 0.1) is 6.10 Å². The van der Waals surface area contributed by atoms with Crippen molar-refractivity contribution in [2.75, 3.05) is 6.61 Å². The Kier molecular flexibility index (Phi) is 2.13. The summed E-state index contributed by atoms with van der Waals surface area (Å²) in [5, 5.41) is 3.25. The van der Waals surface area contributed by atoms with E-state index in [9.17, 15) is 4.79 Å². The summed E-state index contributed by atoms with van der Waals surface area (Å²) in [4.78, 5) is 11.9. The molecule has 3 nitrogen and oxygen atoms in total. The highest BCUT2D eigenvalue weighted by atomic mass is 16.5. The van der Waals surface area contributed by atoms with Gasteiger partial charge in [0.15, 0.2) is 0 Å². The summed E-state index contributed by atoms with van der Waals surface area (Å²) in [6, 6.07) is 0.334. The van der Waals surface area contributed by atoms with E-state index in [1.165, 1.54) is 0 Å². The van der Waals surface area contributed by atoms with Gasteiger partial charge in [-0.3, -0.25) is 4.79 Å². The maximum atomic E-state index is 11.9. The summed E-state index contributed by atoms with van der Waals surface area (Å²) in [7, 11) is 0. The van der Waals surface area contributed by atoms with E-state index in [0.717, 1.165) is 19.4 Å². The summed E-state index contributed by atoms with van der Waals surface area (Å²) in [6.45, 7) is 7.43. The van der Waals surface area contributed by atoms with Gasteiger partial charge in [-0.2, -0.15) is 0 Å². The van der Waals surface area contributed by atoms with E-state index in [0.29, 0.717) is 24.0 Å². The third-order valence-corrected chi connectivity index (χ3v) is 4.84.